The molecule has 0 bridgehead atoms. The van der Waals surface area contributed by atoms with Gasteiger partial charge in [0.1, 0.15) is 5.75 Å². The molecule has 0 saturated heterocycles. The molecule has 0 aromatic heterocycles. The largest absolute Gasteiger partial charge is 0.454 e. The summed E-state index contributed by atoms with van der Waals surface area (Å²) in [4.78, 5) is 63.1. The highest BCUT2D eigenvalue weighted by atomic mass is 17.0. The summed E-state index contributed by atoms with van der Waals surface area (Å²) in [6, 6.07) is 5.58. The lowest BCUT2D eigenvalue weighted by atomic mass is 10.2. The smallest absolute Gasteiger partial charge is 0.349 e. The van der Waals surface area contributed by atoms with Crippen molar-refractivity contribution < 1.29 is 48.4 Å². The number of carbonyl (C=O) groups is 3. The molecule has 1 aromatic carbocycles. The Labute approximate surface area is 199 Å². The van der Waals surface area contributed by atoms with Crippen LogP contribution in [-0.2, 0) is 33.5 Å². The first-order valence-corrected chi connectivity index (χ1v) is 10.6. The first-order valence-electron chi connectivity index (χ1n) is 10.6. The van der Waals surface area contributed by atoms with Crippen LogP contribution < -0.4 is 10.1 Å². The topological polar surface area (TPSA) is 196 Å². The van der Waals surface area contributed by atoms with Crippen LogP contribution >= 0.6 is 0 Å². The van der Waals surface area contributed by atoms with Gasteiger partial charge in [0.15, 0.2) is 13.2 Å². The van der Waals surface area contributed by atoms with E-state index in [-0.39, 0.29) is 18.8 Å². The number of nitrogens with zero attached hydrogens (tertiary/aromatic N) is 2. The van der Waals surface area contributed by atoms with Gasteiger partial charge in [-0.05, 0) is 49.9 Å². The monoisotopic (exact) mass is 501 g/mol. The fourth-order valence-corrected chi connectivity index (χ4v) is 2.48. The molecule has 0 radical (unpaired) electrons. The molecule has 35 heavy (non-hydrogen) atoms. The van der Waals surface area contributed by atoms with E-state index in [9.17, 15) is 34.6 Å². The van der Waals surface area contributed by atoms with Crippen molar-refractivity contribution >= 4 is 23.5 Å². The molecule has 0 heterocycles. The summed E-state index contributed by atoms with van der Waals surface area (Å²) in [6.45, 7) is -0.287. The highest BCUT2D eigenvalue weighted by Crippen LogP contribution is 2.16. The second kappa shape index (κ2) is 17.5. The standard InChI is InChI=1S/C20H27N3O12/c24-18(14-34-23(29)30)21-16-7-9-17(10-8-16)35-20(26)15-32-19(25)6-2-1-3-11-31-12-4-5-13-33-22(27)28/h7-10H,1-6,11-15H2,(H,21,24). The number of nitrogens with one attached hydrogen (secondary N) is 1. The van der Waals surface area contributed by atoms with Crippen molar-refractivity contribution in [3.05, 3.63) is 44.5 Å². The minimum atomic E-state index is -1.09. The van der Waals surface area contributed by atoms with Crippen molar-refractivity contribution in [1.29, 1.82) is 0 Å². The van der Waals surface area contributed by atoms with E-state index >= 15 is 0 Å². The quantitative estimate of drug-likeness (QED) is 0.0951. The molecule has 0 unspecified atom stereocenters. The Morgan fingerprint density at radius 1 is 0.771 bits per heavy atom. The van der Waals surface area contributed by atoms with Gasteiger partial charge in [-0.3, -0.25) is 9.59 Å². The van der Waals surface area contributed by atoms with E-state index < -0.39 is 41.2 Å². The maximum atomic E-state index is 11.8. The molecule has 15 nitrogen and oxygen atoms in total. The summed E-state index contributed by atoms with van der Waals surface area (Å²) in [5.41, 5.74) is 0.306. The van der Waals surface area contributed by atoms with Crippen LogP contribution in [0.25, 0.3) is 0 Å². The number of rotatable bonds is 19. The Morgan fingerprint density at radius 2 is 1.40 bits per heavy atom. The normalized spacial score (nSPS) is 10.2. The predicted octanol–water partition coefficient (Wildman–Crippen LogP) is 1.85. The van der Waals surface area contributed by atoms with E-state index in [1.165, 1.54) is 24.3 Å². The van der Waals surface area contributed by atoms with E-state index in [1.807, 2.05) is 0 Å². The maximum absolute atomic E-state index is 11.8. The molecule has 0 atom stereocenters. The average molecular weight is 501 g/mol. The van der Waals surface area contributed by atoms with Gasteiger partial charge in [0, 0.05) is 25.3 Å². The molecule has 1 amide bonds. The number of hydrogen-bond donors (Lipinski definition) is 1. The van der Waals surface area contributed by atoms with Gasteiger partial charge in [-0.2, -0.15) is 0 Å². The van der Waals surface area contributed by atoms with Crippen LogP contribution in [0.1, 0.15) is 38.5 Å². The molecule has 1 N–H and O–H groups in total. The maximum Gasteiger partial charge on any atom is 0.349 e. The third-order valence-corrected chi connectivity index (χ3v) is 4.07. The van der Waals surface area contributed by atoms with Gasteiger partial charge in [-0.15, -0.1) is 20.2 Å². The molecular weight excluding hydrogens is 474 g/mol. The predicted molar refractivity (Wildman–Crippen MR) is 116 cm³/mol. The van der Waals surface area contributed by atoms with Crippen molar-refractivity contribution in [2.24, 2.45) is 0 Å². The van der Waals surface area contributed by atoms with E-state index in [1.54, 1.807) is 0 Å². The zero-order valence-electron chi connectivity index (χ0n) is 18.9. The van der Waals surface area contributed by atoms with Crippen molar-refractivity contribution in [2.45, 2.75) is 38.5 Å². The molecule has 15 heteroatoms. The fourth-order valence-electron chi connectivity index (χ4n) is 2.48. The summed E-state index contributed by atoms with van der Waals surface area (Å²) < 4.78 is 15.3. The van der Waals surface area contributed by atoms with Crippen LogP contribution in [0.2, 0.25) is 0 Å². The Kier molecular flexibility index (Phi) is 14.5. The summed E-state index contributed by atoms with van der Waals surface area (Å²) in [6.07, 6.45) is 3.35. The van der Waals surface area contributed by atoms with Gasteiger partial charge < -0.3 is 29.2 Å². The van der Waals surface area contributed by atoms with E-state index in [2.05, 4.69) is 15.0 Å². The first-order chi connectivity index (χ1) is 16.8. The lowest BCUT2D eigenvalue weighted by Crippen LogP contribution is -2.20. The van der Waals surface area contributed by atoms with E-state index in [0.29, 0.717) is 38.2 Å². The van der Waals surface area contributed by atoms with Crippen molar-refractivity contribution in [3.63, 3.8) is 0 Å². The number of unbranched alkanes of at least 4 members (excludes halogenated alkanes) is 3. The number of esters is 2. The van der Waals surface area contributed by atoms with Crippen molar-refractivity contribution in [3.8, 4) is 5.75 Å². The van der Waals surface area contributed by atoms with Crippen LogP contribution in [0, 0.1) is 20.2 Å². The zero-order chi connectivity index (χ0) is 25.9. The van der Waals surface area contributed by atoms with Gasteiger partial charge in [0.25, 0.3) is 10.2 Å². The first kappa shape index (κ1) is 29.0. The molecule has 1 aromatic rings. The number of benzene rings is 1. The SMILES string of the molecule is O=C(CO[N+](=O)[O-])Nc1ccc(OC(=O)COC(=O)CCCCCOCCCCO[N+](=O)[O-])cc1. The Hall–Kier alpha value is -4.01. The van der Waals surface area contributed by atoms with Crippen LogP contribution in [0.5, 0.6) is 5.75 Å². The third kappa shape index (κ3) is 16.3. The minimum Gasteiger partial charge on any atom is -0.454 e. The fraction of sp³-hybridized carbons (Fsp3) is 0.550. The van der Waals surface area contributed by atoms with Crippen LogP contribution in [-0.4, -0.2) is 61.1 Å². The molecule has 0 aliphatic carbocycles. The lowest BCUT2D eigenvalue weighted by molar-refractivity contribution is -0.757. The lowest BCUT2D eigenvalue weighted by Gasteiger charge is -2.08. The Morgan fingerprint density at radius 3 is 2.06 bits per heavy atom. The molecule has 0 fully saturated rings. The molecule has 0 spiro atoms. The third-order valence-electron chi connectivity index (χ3n) is 4.07. The summed E-state index contributed by atoms with van der Waals surface area (Å²) >= 11 is 0. The summed E-state index contributed by atoms with van der Waals surface area (Å²) in [5, 5.41) is 20.5. The van der Waals surface area contributed by atoms with Gasteiger partial charge >= 0.3 is 11.9 Å². The average Bonchev–Trinajstić information content (AvgIpc) is 2.81. The summed E-state index contributed by atoms with van der Waals surface area (Å²) in [5.74, 6) is -1.91. The number of hydrogen-bond acceptors (Lipinski definition) is 12. The molecule has 0 aliphatic heterocycles. The van der Waals surface area contributed by atoms with Gasteiger partial charge in [0.05, 0.1) is 6.61 Å². The second-order valence-electron chi connectivity index (χ2n) is 6.89. The van der Waals surface area contributed by atoms with Crippen LogP contribution in [0.3, 0.4) is 0 Å². The van der Waals surface area contributed by atoms with E-state index in [4.69, 9.17) is 14.2 Å². The molecule has 194 valence electrons. The van der Waals surface area contributed by atoms with Gasteiger partial charge in [-0.1, -0.05) is 6.42 Å². The molecule has 0 saturated carbocycles. The molecular formula is C20H27N3O12. The summed E-state index contributed by atoms with van der Waals surface area (Å²) in [7, 11) is 0. The van der Waals surface area contributed by atoms with Gasteiger partial charge in [-0.25, -0.2) is 4.79 Å². The van der Waals surface area contributed by atoms with Crippen LogP contribution in [0.15, 0.2) is 24.3 Å². The zero-order valence-corrected chi connectivity index (χ0v) is 18.9. The number of carbonyl (C=O) groups excluding carboxylic acids is 3. The molecule has 1 rings (SSSR count). The molecule has 0 aliphatic rings. The highest BCUT2D eigenvalue weighted by molar-refractivity contribution is 5.91. The number of amides is 1. The highest BCUT2D eigenvalue weighted by Gasteiger charge is 2.10. The van der Waals surface area contributed by atoms with Crippen molar-refractivity contribution in [2.75, 3.05) is 38.4 Å². The minimum absolute atomic E-state index is 0.0452. The Balaban J connectivity index is 2.07. The van der Waals surface area contributed by atoms with E-state index in [0.717, 1.165) is 12.8 Å². The van der Waals surface area contributed by atoms with Gasteiger partial charge in [0.2, 0.25) is 5.91 Å². The van der Waals surface area contributed by atoms with Crippen molar-refractivity contribution in [1.82, 2.24) is 0 Å². The number of anilines is 1. The Bertz CT molecular complexity index is 831. The number of ether oxygens (including phenoxy) is 3. The van der Waals surface area contributed by atoms with Crippen LogP contribution in [0.4, 0.5) is 5.69 Å². The second-order valence-corrected chi connectivity index (χ2v) is 6.89.